The highest BCUT2D eigenvalue weighted by Gasteiger charge is 2.34. The Balaban J connectivity index is 2.24. The Bertz CT molecular complexity index is 450. The summed E-state index contributed by atoms with van der Waals surface area (Å²) in [4.78, 5) is 14.4. The van der Waals surface area contributed by atoms with Gasteiger partial charge >= 0.3 is 0 Å². The fourth-order valence-electron chi connectivity index (χ4n) is 2.15. The Morgan fingerprint density at radius 2 is 2.11 bits per heavy atom. The number of nitrogens with zero attached hydrogens (tertiary/aromatic N) is 1. The fourth-order valence-corrected chi connectivity index (χ4v) is 2.15. The molecule has 0 spiro atoms. The van der Waals surface area contributed by atoms with E-state index in [0.29, 0.717) is 17.5 Å². The Kier molecular flexibility index (Phi) is 3.60. The summed E-state index contributed by atoms with van der Waals surface area (Å²) >= 11 is 0. The SMILES string of the molecule is Cc1ccc(O)c(C(=O)N(CC(C)C)C2CC2)c1. The molecule has 0 aliphatic heterocycles. The third-order valence-electron chi connectivity index (χ3n) is 3.19. The zero-order chi connectivity index (χ0) is 13.3. The van der Waals surface area contributed by atoms with Crippen LogP contribution in [0, 0.1) is 12.8 Å². The molecule has 0 aromatic heterocycles. The van der Waals surface area contributed by atoms with Crippen molar-refractivity contribution in [2.75, 3.05) is 6.54 Å². The predicted octanol–water partition coefficient (Wildman–Crippen LogP) is 2.96. The van der Waals surface area contributed by atoms with Crippen LogP contribution in [0.4, 0.5) is 0 Å². The minimum absolute atomic E-state index is 0.0348. The molecule has 98 valence electrons. The van der Waals surface area contributed by atoms with Crippen LogP contribution < -0.4 is 0 Å². The third kappa shape index (κ3) is 2.84. The second-order valence-electron chi connectivity index (χ2n) is 5.60. The summed E-state index contributed by atoms with van der Waals surface area (Å²) in [5.41, 5.74) is 1.43. The Morgan fingerprint density at radius 1 is 1.44 bits per heavy atom. The first kappa shape index (κ1) is 12.9. The van der Waals surface area contributed by atoms with Crippen molar-refractivity contribution in [3.05, 3.63) is 29.3 Å². The molecule has 3 heteroatoms. The smallest absolute Gasteiger partial charge is 0.257 e. The van der Waals surface area contributed by atoms with Gasteiger partial charge in [-0.1, -0.05) is 25.5 Å². The van der Waals surface area contributed by atoms with Crippen molar-refractivity contribution in [1.29, 1.82) is 0 Å². The summed E-state index contributed by atoms with van der Waals surface area (Å²) in [5.74, 6) is 0.494. The van der Waals surface area contributed by atoms with Crippen molar-refractivity contribution in [1.82, 2.24) is 4.90 Å². The number of phenolic OH excluding ortho intramolecular Hbond substituents is 1. The van der Waals surface area contributed by atoms with E-state index in [9.17, 15) is 9.90 Å². The molecule has 1 aromatic rings. The van der Waals surface area contributed by atoms with Gasteiger partial charge in [-0.05, 0) is 37.8 Å². The van der Waals surface area contributed by atoms with Crippen molar-refractivity contribution < 1.29 is 9.90 Å². The summed E-state index contributed by atoms with van der Waals surface area (Å²) in [6.07, 6.45) is 2.18. The zero-order valence-corrected chi connectivity index (χ0v) is 11.3. The molecule has 0 saturated heterocycles. The number of carbonyl (C=O) groups excluding carboxylic acids is 1. The second kappa shape index (κ2) is 5.01. The normalized spacial score (nSPS) is 14.9. The molecule has 1 aliphatic rings. The van der Waals surface area contributed by atoms with Crippen LogP contribution in [0.5, 0.6) is 5.75 Å². The average molecular weight is 247 g/mol. The minimum atomic E-state index is -0.0348. The molecular formula is C15H21NO2. The Labute approximate surface area is 108 Å². The topological polar surface area (TPSA) is 40.5 Å². The van der Waals surface area contributed by atoms with Crippen LogP contribution in [0.1, 0.15) is 42.6 Å². The summed E-state index contributed by atoms with van der Waals surface area (Å²) in [5, 5.41) is 9.84. The lowest BCUT2D eigenvalue weighted by atomic mass is 10.1. The third-order valence-corrected chi connectivity index (χ3v) is 3.19. The highest BCUT2D eigenvalue weighted by Crippen LogP contribution is 2.31. The van der Waals surface area contributed by atoms with E-state index in [2.05, 4.69) is 13.8 Å². The maximum absolute atomic E-state index is 12.5. The predicted molar refractivity (Wildman–Crippen MR) is 71.7 cm³/mol. The van der Waals surface area contributed by atoms with Gasteiger partial charge in [0.1, 0.15) is 5.75 Å². The largest absolute Gasteiger partial charge is 0.507 e. The molecule has 1 N–H and O–H groups in total. The van der Waals surface area contributed by atoms with Gasteiger partial charge in [0.05, 0.1) is 5.56 Å². The van der Waals surface area contributed by atoms with Crippen molar-refractivity contribution >= 4 is 5.91 Å². The van der Waals surface area contributed by atoms with Crippen LogP contribution in [0.2, 0.25) is 0 Å². The van der Waals surface area contributed by atoms with Gasteiger partial charge in [0, 0.05) is 12.6 Å². The molecule has 1 aliphatic carbocycles. The molecule has 0 heterocycles. The van der Waals surface area contributed by atoms with E-state index in [0.717, 1.165) is 24.9 Å². The highest BCUT2D eigenvalue weighted by atomic mass is 16.3. The molecule has 0 radical (unpaired) electrons. The molecule has 1 fully saturated rings. The number of aryl methyl sites for hydroxylation is 1. The van der Waals surface area contributed by atoms with Crippen LogP contribution in [-0.4, -0.2) is 28.5 Å². The Hall–Kier alpha value is -1.51. The highest BCUT2D eigenvalue weighted by molar-refractivity contribution is 5.97. The molecule has 1 aromatic carbocycles. The van der Waals surface area contributed by atoms with Crippen LogP contribution in [0.25, 0.3) is 0 Å². The summed E-state index contributed by atoms with van der Waals surface area (Å²) in [6, 6.07) is 5.56. The standard InChI is InChI=1S/C15H21NO2/c1-10(2)9-16(12-5-6-12)15(18)13-8-11(3)4-7-14(13)17/h4,7-8,10,12,17H,5-6,9H2,1-3H3. The van der Waals surface area contributed by atoms with Crippen LogP contribution >= 0.6 is 0 Å². The van der Waals surface area contributed by atoms with E-state index in [1.54, 1.807) is 12.1 Å². The minimum Gasteiger partial charge on any atom is -0.507 e. The molecule has 0 atom stereocenters. The molecular weight excluding hydrogens is 226 g/mol. The average Bonchev–Trinajstić information content (AvgIpc) is 3.12. The van der Waals surface area contributed by atoms with E-state index < -0.39 is 0 Å². The van der Waals surface area contributed by atoms with Gasteiger partial charge in [0.15, 0.2) is 0 Å². The summed E-state index contributed by atoms with van der Waals surface area (Å²) in [6.45, 7) is 6.91. The monoisotopic (exact) mass is 247 g/mol. The summed E-state index contributed by atoms with van der Waals surface area (Å²) < 4.78 is 0. The first-order valence-corrected chi connectivity index (χ1v) is 6.59. The van der Waals surface area contributed by atoms with E-state index in [1.165, 1.54) is 0 Å². The molecule has 0 bridgehead atoms. The number of carbonyl (C=O) groups is 1. The first-order valence-electron chi connectivity index (χ1n) is 6.59. The van der Waals surface area contributed by atoms with Crippen molar-refractivity contribution in [3.8, 4) is 5.75 Å². The lowest BCUT2D eigenvalue weighted by Crippen LogP contribution is -2.36. The fraction of sp³-hybridized carbons (Fsp3) is 0.533. The first-order chi connectivity index (χ1) is 8.49. The lowest BCUT2D eigenvalue weighted by molar-refractivity contribution is 0.0719. The van der Waals surface area contributed by atoms with Crippen molar-refractivity contribution in [3.63, 3.8) is 0 Å². The molecule has 1 amide bonds. The zero-order valence-electron chi connectivity index (χ0n) is 11.3. The van der Waals surface area contributed by atoms with Gasteiger partial charge in [0.25, 0.3) is 5.91 Å². The van der Waals surface area contributed by atoms with Gasteiger partial charge < -0.3 is 10.0 Å². The number of benzene rings is 1. The molecule has 1 saturated carbocycles. The number of aromatic hydroxyl groups is 1. The van der Waals surface area contributed by atoms with Crippen LogP contribution in [0.3, 0.4) is 0 Å². The van der Waals surface area contributed by atoms with E-state index in [4.69, 9.17) is 0 Å². The van der Waals surface area contributed by atoms with Crippen LogP contribution in [0.15, 0.2) is 18.2 Å². The number of hydrogen-bond acceptors (Lipinski definition) is 2. The molecule has 18 heavy (non-hydrogen) atoms. The maximum atomic E-state index is 12.5. The van der Waals surface area contributed by atoms with Gasteiger partial charge in [-0.15, -0.1) is 0 Å². The number of phenols is 1. The number of rotatable bonds is 4. The van der Waals surface area contributed by atoms with Gasteiger partial charge in [-0.2, -0.15) is 0 Å². The van der Waals surface area contributed by atoms with E-state index in [-0.39, 0.29) is 11.7 Å². The lowest BCUT2D eigenvalue weighted by Gasteiger charge is -2.25. The molecule has 3 nitrogen and oxygen atoms in total. The maximum Gasteiger partial charge on any atom is 0.257 e. The van der Waals surface area contributed by atoms with Gasteiger partial charge in [-0.3, -0.25) is 4.79 Å². The van der Waals surface area contributed by atoms with Crippen LogP contribution in [-0.2, 0) is 0 Å². The summed E-state index contributed by atoms with van der Waals surface area (Å²) in [7, 11) is 0. The van der Waals surface area contributed by atoms with Crippen molar-refractivity contribution in [2.24, 2.45) is 5.92 Å². The Morgan fingerprint density at radius 3 is 2.67 bits per heavy atom. The van der Waals surface area contributed by atoms with Gasteiger partial charge in [-0.25, -0.2) is 0 Å². The quantitative estimate of drug-likeness (QED) is 0.888. The number of hydrogen-bond donors (Lipinski definition) is 1. The number of amides is 1. The second-order valence-corrected chi connectivity index (χ2v) is 5.60. The van der Waals surface area contributed by atoms with E-state index in [1.807, 2.05) is 17.9 Å². The molecule has 2 rings (SSSR count). The van der Waals surface area contributed by atoms with Crippen molar-refractivity contribution in [2.45, 2.75) is 39.7 Å². The molecule has 0 unspecified atom stereocenters. The van der Waals surface area contributed by atoms with Gasteiger partial charge in [0.2, 0.25) is 0 Å². The van der Waals surface area contributed by atoms with E-state index >= 15 is 0 Å².